The minimum atomic E-state index is -1.45. The van der Waals surface area contributed by atoms with Crippen LogP contribution in [-0.4, -0.2) is 24.3 Å². The van der Waals surface area contributed by atoms with Crippen LogP contribution in [0.25, 0.3) is 0 Å². The summed E-state index contributed by atoms with van der Waals surface area (Å²) in [6, 6.07) is 3.95. The maximum Gasteiger partial charge on any atom is 0.176 e. The van der Waals surface area contributed by atoms with Gasteiger partial charge in [-0.1, -0.05) is 18.2 Å². The van der Waals surface area contributed by atoms with Crippen LogP contribution >= 0.6 is 0 Å². The predicted molar refractivity (Wildman–Crippen MR) is 76.9 cm³/mol. The molecule has 0 saturated heterocycles. The number of hydrogen-bond donors (Lipinski definition) is 2. The van der Waals surface area contributed by atoms with Crippen molar-refractivity contribution in [3.8, 4) is 6.07 Å². The van der Waals surface area contributed by atoms with E-state index in [1.54, 1.807) is 24.7 Å². The Bertz CT molecular complexity index is 513. The van der Waals surface area contributed by atoms with E-state index >= 15 is 0 Å². The fourth-order valence-corrected chi connectivity index (χ4v) is 2.73. The number of aliphatic hydroxyl groups is 1. The molecule has 0 aliphatic heterocycles. The Kier molecular flexibility index (Phi) is 4.78. The number of hydrogen-bond acceptors (Lipinski definition) is 4. The van der Waals surface area contributed by atoms with Gasteiger partial charge in [0.15, 0.2) is 5.60 Å². The standard InChI is InChI=1S/C16H20N2O2/c1-18-9-4-5-14(13-7-10-20-11-13)15-6-2-3-8-16(15,19)12-17/h2-3,6-8,10-11,14-15,18-19H,4-5,9H2,1H3. The van der Waals surface area contributed by atoms with E-state index in [-0.39, 0.29) is 11.8 Å². The summed E-state index contributed by atoms with van der Waals surface area (Å²) in [6.45, 7) is 0.908. The van der Waals surface area contributed by atoms with E-state index in [4.69, 9.17) is 4.42 Å². The third-order valence-electron chi connectivity index (χ3n) is 3.81. The van der Waals surface area contributed by atoms with Crippen molar-refractivity contribution in [2.24, 2.45) is 5.92 Å². The topological polar surface area (TPSA) is 69.2 Å². The highest BCUT2D eigenvalue weighted by atomic mass is 16.3. The van der Waals surface area contributed by atoms with Crippen LogP contribution in [0.15, 0.2) is 47.3 Å². The summed E-state index contributed by atoms with van der Waals surface area (Å²) in [5.74, 6) is -0.195. The molecule has 3 atom stereocenters. The Morgan fingerprint density at radius 3 is 3.05 bits per heavy atom. The fraction of sp³-hybridized carbons (Fsp3) is 0.438. The van der Waals surface area contributed by atoms with Crippen molar-refractivity contribution in [3.05, 3.63) is 48.5 Å². The highest BCUT2D eigenvalue weighted by Crippen LogP contribution is 2.39. The van der Waals surface area contributed by atoms with Crippen LogP contribution in [0.4, 0.5) is 0 Å². The van der Waals surface area contributed by atoms with Crippen molar-refractivity contribution in [2.45, 2.75) is 24.4 Å². The molecule has 0 amide bonds. The molecule has 1 aromatic rings. The molecule has 0 bridgehead atoms. The molecule has 0 radical (unpaired) electrons. The predicted octanol–water partition coefficient (Wildman–Crippen LogP) is 2.36. The summed E-state index contributed by atoms with van der Waals surface area (Å²) < 4.78 is 5.17. The first kappa shape index (κ1) is 14.6. The molecular formula is C16H20N2O2. The number of allylic oxidation sites excluding steroid dienone is 2. The molecule has 4 heteroatoms. The van der Waals surface area contributed by atoms with Gasteiger partial charge in [0.05, 0.1) is 12.5 Å². The number of nitrogens with one attached hydrogen (secondary N) is 1. The van der Waals surface area contributed by atoms with E-state index in [9.17, 15) is 10.4 Å². The number of nitrogens with zero attached hydrogens (tertiary/aromatic N) is 1. The Labute approximate surface area is 119 Å². The van der Waals surface area contributed by atoms with Gasteiger partial charge in [-0.15, -0.1) is 0 Å². The Morgan fingerprint density at radius 1 is 1.55 bits per heavy atom. The molecule has 2 rings (SSSR count). The van der Waals surface area contributed by atoms with Crippen molar-refractivity contribution in [3.63, 3.8) is 0 Å². The van der Waals surface area contributed by atoms with Crippen LogP contribution in [0.5, 0.6) is 0 Å². The zero-order chi connectivity index (χ0) is 14.4. The molecule has 0 spiro atoms. The van der Waals surface area contributed by atoms with Gasteiger partial charge in [-0.05, 0) is 50.1 Å². The van der Waals surface area contributed by atoms with Gasteiger partial charge in [0.25, 0.3) is 0 Å². The molecule has 4 nitrogen and oxygen atoms in total. The summed E-state index contributed by atoms with van der Waals surface area (Å²) in [5.41, 5.74) is -0.421. The lowest BCUT2D eigenvalue weighted by Crippen LogP contribution is -2.38. The lowest BCUT2D eigenvalue weighted by Gasteiger charge is -2.33. The minimum absolute atomic E-state index is 0.0629. The van der Waals surface area contributed by atoms with Crippen molar-refractivity contribution in [1.82, 2.24) is 5.32 Å². The molecule has 0 saturated carbocycles. The van der Waals surface area contributed by atoms with Gasteiger partial charge in [-0.2, -0.15) is 5.26 Å². The Morgan fingerprint density at radius 2 is 2.40 bits per heavy atom. The molecule has 20 heavy (non-hydrogen) atoms. The van der Waals surface area contributed by atoms with Crippen molar-refractivity contribution < 1.29 is 9.52 Å². The van der Waals surface area contributed by atoms with E-state index in [0.717, 1.165) is 24.9 Å². The zero-order valence-electron chi connectivity index (χ0n) is 11.6. The van der Waals surface area contributed by atoms with Crippen LogP contribution in [0.1, 0.15) is 24.3 Å². The number of rotatable bonds is 6. The molecule has 1 aliphatic rings. The van der Waals surface area contributed by atoms with E-state index in [0.29, 0.717) is 0 Å². The quantitative estimate of drug-likeness (QED) is 0.616. The molecule has 3 unspecified atom stereocenters. The summed E-state index contributed by atoms with van der Waals surface area (Å²) >= 11 is 0. The minimum Gasteiger partial charge on any atom is -0.472 e. The maximum atomic E-state index is 10.5. The first-order valence-electron chi connectivity index (χ1n) is 6.87. The zero-order valence-corrected chi connectivity index (χ0v) is 11.6. The average molecular weight is 272 g/mol. The third kappa shape index (κ3) is 3.01. The van der Waals surface area contributed by atoms with Gasteiger partial charge in [-0.3, -0.25) is 0 Å². The van der Waals surface area contributed by atoms with Crippen LogP contribution in [-0.2, 0) is 0 Å². The highest BCUT2D eigenvalue weighted by Gasteiger charge is 2.40. The third-order valence-corrected chi connectivity index (χ3v) is 3.81. The summed E-state index contributed by atoms with van der Waals surface area (Å²) in [7, 11) is 1.92. The monoisotopic (exact) mass is 272 g/mol. The smallest absolute Gasteiger partial charge is 0.176 e. The van der Waals surface area contributed by atoms with Gasteiger partial charge in [0.2, 0.25) is 0 Å². The second kappa shape index (κ2) is 6.56. The average Bonchev–Trinajstić information content (AvgIpc) is 2.99. The molecule has 0 fully saturated rings. The fourth-order valence-electron chi connectivity index (χ4n) is 2.73. The van der Waals surface area contributed by atoms with Gasteiger partial charge < -0.3 is 14.8 Å². The number of furan rings is 1. The first-order chi connectivity index (χ1) is 9.71. The van der Waals surface area contributed by atoms with E-state index < -0.39 is 5.60 Å². The van der Waals surface area contributed by atoms with Crippen LogP contribution in [0.3, 0.4) is 0 Å². The van der Waals surface area contributed by atoms with Crippen molar-refractivity contribution in [2.75, 3.05) is 13.6 Å². The van der Waals surface area contributed by atoms with Crippen molar-refractivity contribution >= 4 is 0 Å². The lowest BCUT2D eigenvalue weighted by molar-refractivity contribution is 0.0869. The van der Waals surface area contributed by atoms with E-state index in [1.807, 2.05) is 31.3 Å². The summed E-state index contributed by atoms with van der Waals surface area (Å²) in [6.07, 6.45) is 12.3. The summed E-state index contributed by atoms with van der Waals surface area (Å²) in [4.78, 5) is 0. The van der Waals surface area contributed by atoms with Crippen LogP contribution < -0.4 is 5.32 Å². The number of nitriles is 1. The first-order valence-corrected chi connectivity index (χ1v) is 6.87. The normalized spacial score (nSPS) is 26.4. The Hall–Kier alpha value is -1.83. The molecule has 1 aliphatic carbocycles. The SMILES string of the molecule is CNCCCC(c1ccoc1)C1C=CC=CC1(O)C#N. The van der Waals surface area contributed by atoms with Gasteiger partial charge in [-0.25, -0.2) is 0 Å². The van der Waals surface area contributed by atoms with Crippen LogP contribution in [0, 0.1) is 17.2 Å². The molecule has 106 valence electrons. The van der Waals surface area contributed by atoms with Gasteiger partial charge >= 0.3 is 0 Å². The van der Waals surface area contributed by atoms with Gasteiger partial charge in [0.1, 0.15) is 6.07 Å². The second-order valence-corrected chi connectivity index (χ2v) is 5.12. The van der Waals surface area contributed by atoms with Crippen molar-refractivity contribution in [1.29, 1.82) is 5.26 Å². The van der Waals surface area contributed by atoms with Gasteiger partial charge in [0, 0.05) is 5.92 Å². The summed E-state index contributed by atoms with van der Waals surface area (Å²) in [5, 5.41) is 23.0. The largest absolute Gasteiger partial charge is 0.472 e. The van der Waals surface area contributed by atoms with Crippen LogP contribution in [0.2, 0.25) is 0 Å². The van der Waals surface area contributed by atoms with E-state index in [1.165, 1.54) is 0 Å². The molecule has 1 aromatic heterocycles. The lowest BCUT2D eigenvalue weighted by atomic mass is 9.72. The molecule has 0 aromatic carbocycles. The molecule has 1 heterocycles. The molecule has 2 N–H and O–H groups in total. The maximum absolute atomic E-state index is 10.5. The second-order valence-electron chi connectivity index (χ2n) is 5.12. The molecular weight excluding hydrogens is 252 g/mol. The van der Waals surface area contributed by atoms with E-state index in [2.05, 4.69) is 5.32 Å². The Balaban J connectivity index is 2.24. The highest BCUT2D eigenvalue weighted by molar-refractivity contribution is 5.33.